The zero-order valence-electron chi connectivity index (χ0n) is 9.54. The van der Waals surface area contributed by atoms with Crippen LogP contribution in [-0.2, 0) is 0 Å². The van der Waals surface area contributed by atoms with Gasteiger partial charge in [-0.3, -0.25) is 4.79 Å². The SMILES string of the molecule is Cc1cc(O)c(C(=O)/C=C/c2ccsc2)c(=O)o1. The first-order valence-electron chi connectivity index (χ1n) is 5.16. The van der Waals surface area contributed by atoms with Crippen molar-refractivity contribution >= 4 is 23.2 Å². The van der Waals surface area contributed by atoms with Crippen LogP contribution in [-0.4, -0.2) is 10.9 Å². The van der Waals surface area contributed by atoms with Crippen molar-refractivity contribution in [2.45, 2.75) is 6.92 Å². The van der Waals surface area contributed by atoms with E-state index in [1.807, 2.05) is 16.8 Å². The highest BCUT2D eigenvalue weighted by atomic mass is 32.1. The van der Waals surface area contributed by atoms with Crippen molar-refractivity contribution in [3.05, 3.63) is 56.3 Å². The van der Waals surface area contributed by atoms with Crippen molar-refractivity contribution in [2.24, 2.45) is 0 Å². The van der Waals surface area contributed by atoms with Crippen LogP contribution in [0.25, 0.3) is 6.08 Å². The van der Waals surface area contributed by atoms with E-state index in [1.54, 1.807) is 6.08 Å². The Labute approximate surface area is 107 Å². The molecular weight excluding hydrogens is 252 g/mol. The van der Waals surface area contributed by atoms with E-state index < -0.39 is 11.4 Å². The van der Waals surface area contributed by atoms with Crippen molar-refractivity contribution in [3.8, 4) is 5.75 Å². The molecule has 0 saturated heterocycles. The molecule has 0 saturated carbocycles. The second-order valence-corrected chi connectivity index (χ2v) is 4.44. The van der Waals surface area contributed by atoms with Crippen LogP contribution < -0.4 is 5.63 Å². The Bertz CT molecular complexity index is 650. The van der Waals surface area contributed by atoms with E-state index in [9.17, 15) is 14.7 Å². The standard InChI is InChI=1S/C13H10O4S/c1-8-6-11(15)12(13(16)17-8)10(14)3-2-9-4-5-18-7-9/h2-7,15H,1H3/b3-2+. The first-order valence-corrected chi connectivity index (χ1v) is 6.10. The average Bonchev–Trinajstić information content (AvgIpc) is 2.77. The first kappa shape index (κ1) is 12.3. The molecule has 0 spiro atoms. The summed E-state index contributed by atoms with van der Waals surface area (Å²) in [4.78, 5) is 23.3. The van der Waals surface area contributed by atoms with E-state index >= 15 is 0 Å². The van der Waals surface area contributed by atoms with Gasteiger partial charge in [-0.2, -0.15) is 11.3 Å². The Balaban J connectivity index is 2.33. The van der Waals surface area contributed by atoms with Crippen molar-refractivity contribution in [1.29, 1.82) is 0 Å². The molecule has 0 unspecified atom stereocenters. The van der Waals surface area contributed by atoms with Crippen molar-refractivity contribution < 1.29 is 14.3 Å². The first-order chi connectivity index (χ1) is 8.58. The zero-order chi connectivity index (χ0) is 13.1. The Morgan fingerprint density at radius 2 is 2.28 bits per heavy atom. The summed E-state index contributed by atoms with van der Waals surface area (Å²) in [5.74, 6) is -0.674. The van der Waals surface area contributed by atoms with Crippen LogP contribution in [0.4, 0.5) is 0 Å². The molecule has 4 nitrogen and oxygen atoms in total. The fraction of sp³-hybridized carbons (Fsp3) is 0.0769. The molecule has 2 aromatic rings. The maximum absolute atomic E-state index is 11.8. The van der Waals surface area contributed by atoms with Gasteiger partial charge >= 0.3 is 5.63 Å². The molecule has 5 heteroatoms. The van der Waals surface area contributed by atoms with Gasteiger partial charge in [-0.1, -0.05) is 6.08 Å². The number of ketones is 1. The molecule has 0 aliphatic carbocycles. The topological polar surface area (TPSA) is 67.5 Å². The molecule has 2 heterocycles. The molecule has 92 valence electrons. The zero-order valence-corrected chi connectivity index (χ0v) is 10.4. The molecule has 0 aliphatic rings. The molecule has 18 heavy (non-hydrogen) atoms. The number of aromatic hydroxyl groups is 1. The second-order valence-electron chi connectivity index (χ2n) is 3.66. The molecule has 0 atom stereocenters. The fourth-order valence-electron chi connectivity index (χ4n) is 1.45. The van der Waals surface area contributed by atoms with E-state index in [-0.39, 0.29) is 17.1 Å². The molecule has 0 bridgehead atoms. The highest BCUT2D eigenvalue weighted by molar-refractivity contribution is 7.08. The molecule has 2 rings (SSSR count). The highest BCUT2D eigenvalue weighted by Crippen LogP contribution is 2.16. The molecule has 2 aromatic heterocycles. The van der Waals surface area contributed by atoms with Crippen LogP contribution in [0.15, 0.2) is 38.2 Å². The molecule has 1 N–H and O–H groups in total. The summed E-state index contributed by atoms with van der Waals surface area (Å²) < 4.78 is 4.78. The number of carbonyl (C=O) groups excluding carboxylic acids is 1. The molecule has 0 aliphatic heterocycles. The molecule has 0 aromatic carbocycles. The second kappa shape index (κ2) is 5.01. The lowest BCUT2D eigenvalue weighted by molar-refractivity contribution is 0.104. The quantitative estimate of drug-likeness (QED) is 0.682. The monoisotopic (exact) mass is 262 g/mol. The van der Waals surface area contributed by atoms with Crippen molar-refractivity contribution in [3.63, 3.8) is 0 Å². The summed E-state index contributed by atoms with van der Waals surface area (Å²) in [6, 6.07) is 3.08. The van der Waals surface area contributed by atoms with Gasteiger partial charge in [0.1, 0.15) is 17.1 Å². The smallest absolute Gasteiger partial charge is 0.351 e. The van der Waals surface area contributed by atoms with E-state index in [1.165, 1.54) is 30.4 Å². The maximum Gasteiger partial charge on any atom is 0.351 e. The van der Waals surface area contributed by atoms with Crippen LogP contribution >= 0.6 is 11.3 Å². The van der Waals surface area contributed by atoms with Gasteiger partial charge in [-0.15, -0.1) is 0 Å². The van der Waals surface area contributed by atoms with Crippen LogP contribution in [0.3, 0.4) is 0 Å². The lowest BCUT2D eigenvalue weighted by atomic mass is 10.1. The average molecular weight is 262 g/mol. The molecule has 0 amide bonds. The van der Waals surface area contributed by atoms with Gasteiger partial charge in [-0.25, -0.2) is 4.79 Å². The highest BCUT2D eigenvalue weighted by Gasteiger charge is 2.15. The number of carbonyl (C=O) groups is 1. The molecular formula is C13H10O4S. The number of rotatable bonds is 3. The summed E-state index contributed by atoms with van der Waals surface area (Å²) in [5, 5.41) is 13.3. The largest absolute Gasteiger partial charge is 0.507 e. The van der Waals surface area contributed by atoms with Crippen LogP contribution in [0.5, 0.6) is 5.75 Å². The van der Waals surface area contributed by atoms with Crippen molar-refractivity contribution in [1.82, 2.24) is 0 Å². The Morgan fingerprint density at radius 1 is 1.50 bits per heavy atom. The Kier molecular flexibility index (Phi) is 3.43. The van der Waals surface area contributed by atoms with E-state index in [0.717, 1.165) is 5.56 Å². The summed E-state index contributed by atoms with van der Waals surface area (Å²) in [6.45, 7) is 1.52. The Morgan fingerprint density at radius 3 is 2.89 bits per heavy atom. The number of aryl methyl sites for hydroxylation is 1. The minimum Gasteiger partial charge on any atom is -0.507 e. The Hall–Kier alpha value is -2.14. The lowest BCUT2D eigenvalue weighted by Crippen LogP contribution is -2.12. The minimum absolute atomic E-state index is 0.260. The number of allylic oxidation sites excluding steroid dienone is 1. The van der Waals surface area contributed by atoms with Gasteiger partial charge < -0.3 is 9.52 Å². The van der Waals surface area contributed by atoms with Crippen LogP contribution in [0.2, 0.25) is 0 Å². The summed E-state index contributed by atoms with van der Waals surface area (Å²) in [5.41, 5.74) is -0.302. The number of hydrogen-bond acceptors (Lipinski definition) is 5. The normalized spacial score (nSPS) is 10.9. The molecule has 0 radical (unpaired) electrons. The van der Waals surface area contributed by atoms with Gasteiger partial charge in [0, 0.05) is 6.07 Å². The van der Waals surface area contributed by atoms with E-state index in [2.05, 4.69) is 0 Å². The van der Waals surface area contributed by atoms with E-state index in [0.29, 0.717) is 0 Å². The third-order valence-electron chi connectivity index (χ3n) is 2.27. The van der Waals surface area contributed by atoms with Crippen LogP contribution in [0, 0.1) is 6.92 Å². The molecule has 0 fully saturated rings. The van der Waals surface area contributed by atoms with Crippen molar-refractivity contribution in [2.75, 3.05) is 0 Å². The summed E-state index contributed by atoms with van der Waals surface area (Å²) in [6.07, 6.45) is 2.82. The fourth-order valence-corrected chi connectivity index (χ4v) is 2.08. The third-order valence-corrected chi connectivity index (χ3v) is 2.97. The summed E-state index contributed by atoms with van der Waals surface area (Å²) >= 11 is 1.50. The van der Waals surface area contributed by atoms with Gasteiger partial charge in [0.25, 0.3) is 0 Å². The minimum atomic E-state index is -0.826. The number of thiophene rings is 1. The summed E-state index contributed by atoms with van der Waals surface area (Å²) in [7, 11) is 0. The van der Waals surface area contributed by atoms with Gasteiger partial charge in [0.05, 0.1) is 0 Å². The maximum atomic E-state index is 11.8. The third kappa shape index (κ3) is 2.57. The van der Waals surface area contributed by atoms with Gasteiger partial charge in [-0.05, 0) is 35.4 Å². The van der Waals surface area contributed by atoms with Crippen LogP contribution in [0.1, 0.15) is 21.7 Å². The predicted molar refractivity (Wildman–Crippen MR) is 69.1 cm³/mol. The van der Waals surface area contributed by atoms with Gasteiger partial charge in [0.15, 0.2) is 5.78 Å². The van der Waals surface area contributed by atoms with E-state index in [4.69, 9.17) is 4.42 Å². The number of hydrogen-bond donors (Lipinski definition) is 1. The lowest BCUT2D eigenvalue weighted by Gasteiger charge is -1.99. The van der Waals surface area contributed by atoms with Gasteiger partial charge in [0.2, 0.25) is 0 Å². The predicted octanol–water partition coefficient (Wildman–Crippen LogP) is 2.61.